The Morgan fingerprint density at radius 1 is 1.12 bits per heavy atom. The van der Waals surface area contributed by atoms with Crippen molar-refractivity contribution in [3.8, 4) is 0 Å². The SMILES string of the molecule is COCN(C(=O)Nc1ccc(Cl)cc1)C(=O)c1c(F)cccc1F. The lowest BCUT2D eigenvalue weighted by Gasteiger charge is -2.21. The molecule has 0 atom stereocenters. The smallest absolute Gasteiger partial charge is 0.330 e. The van der Waals surface area contributed by atoms with Crippen molar-refractivity contribution in [2.24, 2.45) is 0 Å². The van der Waals surface area contributed by atoms with Crippen LogP contribution in [0.1, 0.15) is 10.4 Å². The van der Waals surface area contributed by atoms with Gasteiger partial charge in [0.25, 0.3) is 5.91 Å². The van der Waals surface area contributed by atoms with Crippen molar-refractivity contribution in [3.63, 3.8) is 0 Å². The molecular formula is C16H13ClF2N2O3. The number of methoxy groups -OCH3 is 1. The molecule has 0 aromatic heterocycles. The fraction of sp³-hybridized carbons (Fsp3) is 0.125. The van der Waals surface area contributed by atoms with Gasteiger partial charge in [-0.2, -0.15) is 0 Å². The first-order valence-corrected chi connectivity index (χ1v) is 7.13. The maximum Gasteiger partial charge on any atom is 0.330 e. The number of hydrogen-bond acceptors (Lipinski definition) is 3. The Hall–Kier alpha value is -2.51. The number of benzene rings is 2. The van der Waals surface area contributed by atoms with E-state index < -0.39 is 35.9 Å². The Morgan fingerprint density at radius 3 is 2.25 bits per heavy atom. The summed E-state index contributed by atoms with van der Waals surface area (Å²) in [6.45, 7) is -0.480. The summed E-state index contributed by atoms with van der Waals surface area (Å²) < 4.78 is 32.3. The maximum atomic E-state index is 13.8. The van der Waals surface area contributed by atoms with Gasteiger partial charge in [0.2, 0.25) is 0 Å². The fourth-order valence-corrected chi connectivity index (χ4v) is 2.03. The van der Waals surface area contributed by atoms with Gasteiger partial charge in [-0.3, -0.25) is 4.79 Å². The summed E-state index contributed by atoms with van der Waals surface area (Å²) in [5, 5.41) is 2.89. The van der Waals surface area contributed by atoms with Gasteiger partial charge in [0, 0.05) is 17.8 Å². The summed E-state index contributed by atoms with van der Waals surface area (Å²) >= 11 is 5.75. The Labute approximate surface area is 141 Å². The largest absolute Gasteiger partial charge is 0.364 e. The molecule has 2 aromatic rings. The van der Waals surface area contributed by atoms with Crippen LogP contribution in [0, 0.1) is 11.6 Å². The molecule has 1 N–H and O–H groups in total. The Bertz CT molecular complexity index is 733. The third kappa shape index (κ3) is 4.06. The van der Waals surface area contributed by atoms with Gasteiger partial charge in [0.1, 0.15) is 23.9 Å². The highest BCUT2D eigenvalue weighted by Gasteiger charge is 2.28. The number of rotatable bonds is 4. The highest BCUT2D eigenvalue weighted by molar-refractivity contribution is 6.30. The van der Waals surface area contributed by atoms with E-state index in [9.17, 15) is 18.4 Å². The second-order valence-corrected chi connectivity index (χ2v) is 5.12. The highest BCUT2D eigenvalue weighted by Crippen LogP contribution is 2.17. The molecule has 24 heavy (non-hydrogen) atoms. The van der Waals surface area contributed by atoms with E-state index in [-0.39, 0.29) is 0 Å². The minimum Gasteiger partial charge on any atom is -0.364 e. The zero-order chi connectivity index (χ0) is 17.7. The molecule has 5 nitrogen and oxygen atoms in total. The van der Waals surface area contributed by atoms with Gasteiger partial charge in [-0.25, -0.2) is 18.5 Å². The van der Waals surface area contributed by atoms with Crippen LogP contribution in [-0.2, 0) is 4.74 Å². The molecule has 2 rings (SSSR count). The molecule has 0 fully saturated rings. The van der Waals surface area contributed by atoms with Crippen LogP contribution < -0.4 is 5.32 Å². The van der Waals surface area contributed by atoms with Gasteiger partial charge in [-0.1, -0.05) is 17.7 Å². The molecule has 8 heteroatoms. The van der Waals surface area contributed by atoms with Crippen LogP contribution in [0.3, 0.4) is 0 Å². The second kappa shape index (κ2) is 7.85. The number of hydrogen-bond donors (Lipinski definition) is 1. The topological polar surface area (TPSA) is 58.6 Å². The van der Waals surface area contributed by atoms with Gasteiger partial charge in [0.15, 0.2) is 0 Å². The van der Waals surface area contributed by atoms with Crippen LogP contribution in [-0.4, -0.2) is 30.7 Å². The van der Waals surface area contributed by atoms with Crippen molar-refractivity contribution in [1.82, 2.24) is 4.90 Å². The molecule has 3 amide bonds. The molecule has 0 saturated carbocycles. The highest BCUT2D eigenvalue weighted by atomic mass is 35.5. The van der Waals surface area contributed by atoms with Crippen LogP contribution in [0.4, 0.5) is 19.3 Å². The van der Waals surface area contributed by atoms with E-state index >= 15 is 0 Å². The standard InChI is InChI=1S/C16H13ClF2N2O3/c1-24-9-21(15(22)14-12(18)3-2-4-13(14)19)16(23)20-11-7-5-10(17)6-8-11/h2-8H,9H2,1H3,(H,20,23). The quantitative estimate of drug-likeness (QED) is 0.847. The van der Waals surface area contributed by atoms with Crippen LogP contribution >= 0.6 is 11.6 Å². The summed E-state index contributed by atoms with van der Waals surface area (Å²) in [4.78, 5) is 25.2. The molecule has 0 radical (unpaired) electrons. The average molecular weight is 355 g/mol. The lowest BCUT2D eigenvalue weighted by molar-refractivity contribution is 0.0548. The van der Waals surface area contributed by atoms with Crippen molar-refractivity contribution >= 4 is 29.2 Å². The van der Waals surface area contributed by atoms with E-state index in [1.165, 1.54) is 31.4 Å². The number of urea groups is 1. The number of ether oxygens (including phenoxy) is 1. The monoisotopic (exact) mass is 354 g/mol. The Kier molecular flexibility index (Phi) is 5.83. The van der Waals surface area contributed by atoms with Gasteiger partial charge < -0.3 is 10.1 Å². The summed E-state index contributed by atoms with van der Waals surface area (Å²) in [6.07, 6.45) is 0. The lowest BCUT2D eigenvalue weighted by Crippen LogP contribution is -2.42. The summed E-state index contributed by atoms with van der Waals surface area (Å²) in [5.74, 6) is -3.29. The number of halogens is 3. The van der Waals surface area contributed by atoms with E-state index in [0.29, 0.717) is 15.6 Å². The normalized spacial score (nSPS) is 10.3. The third-order valence-electron chi connectivity index (χ3n) is 3.02. The second-order valence-electron chi connectivity index (χ2n) is 4.68. The predicted octanol–water partition coefficient (Wildman–Crippen LogP) is 3.90. The molecule has 0 aliphatic rings. The van der Waals surface area contributed by atoms with E-state index in [4.69, 9.17) is 16.3 Å². The fourth-order valence-electron chi connectivity index (χ4n) is 1.90. The molecule has 0 heterocycles. The van der Waals surface area contributed by atoms with Gasteiger partial charge in [0.05, 0.1) is 0 Å². The minimum absolute atomic E-state index is 0.354. The lowest BCUT2D eigenvalue weighted by atomic mass is 10.1. The van der Waals surface area contributed by atoms with E-state index in [1.54, 1.807) is 0 Å². The summed E-state index contributed by atoms with van der Waals surface area (Å²) in [6, 6.07) is 8.18. The minimum atomic E-state index is -1.15. The first kappa shape index (κ1) is 17.8. The molecular weight excluding hydrogens is 342 g/mol. The number of carbonyl (C=O) groups is 2. The number of anilines is 1. The number of amides is 3. The molecule has 0 unspecified atom stereocenters. The van der Waals surface area contributed by atoms with E-state index in [1.807, 2.05) is 0 Å². The Balaban J connectivity index is 2.26. The van der Waals surface area contributed by atoms with Crippen LogP contribution in [0.25, 0.3) is 0 Å². The van der Waals surface area contributed by atoms with Gasteiger partial charge >= 0.3 is 6.03 Å². The molecule has 0 spiro atoms. The Morgan fingerprint density at radius 2 is 1.71 bits per heavy atom. The van der Waals surface area contributed by atoms with Crippen molar-refractivity contribution in [3.05, 3.63) is 64.7 Å². The zero-order valence-electron chi connectivity index (χ0n) is 12.6. The first-order valence-electron chi connectivity index (χ1n) is 6.75. The first-order chi connectivity index (χ1) is 11.4. The molecule has 0 bridgehead atoms. The van der Waals surface area contributed by atoms with Gasteiger partial charge in [-0.05, 0) is 36.4 Å². The van der Waals surface area contributed by atoms with Gasteiger partial charge in [-0.15, -0.1) is 0 Å². The molecule has 126 valence electrons. The van der Waals surface area contributed by atoms with Crippen molar-refractivity contribution in [1.29, 1.82) is 0 Å². The van der Waals surface area contributed by atoms with Crippen LogP contribution in [0.5, 0.6) is 0 Å². The van der Waals surface area contributed by atoms with E-state index in [0.717, 1.165) is 18.2 Å². The van der Waals surface area contributed by atoms with Crippen molar-refractivity contribution in [2.75, 3.05) is 19.2 Å². The average Bonchev–Trinajstić information content (AvgIpc) is 2.54. The summed E-state index contributed by atoms with van der Waals surface area (Å²) in [5.41, 5.74) is -0.479. The maximum absolute atomic E-state index is 13.8. The molecule has 2 aromatic carbocycles. The van der Waals surface area contributed by atoms with Crippen LogP contribution in [0.2, 0.25) is 5.02 Å². The van der Waals surface area contributed by atoms with E-state index in [2.05, 4.69) is 5.32 Å². The third-order valence-corrected chi connectivity index (χ3v) is 3.27. The summed E-state index contributed by atoms with van der Waals surface area (Å²) in [7, 11) is 1.24. The molecule has 0 saturated heterocycles. The predicted molar refractivity (Wildman–Crippen MR) is 84.9 cm³/mol. The van der Waals surface area contributed by atoms with Crippen molar-refractivity contribution in [2.45, 2.75) is 0 Å². The molecule has 0 aliphatic carbocycles. The number of nitrogens with zero attached hydrogens (tertiary/aromatic N) is 1. The number of imide groups is 1. The number of carbonyl (C=O) groups excluding carboxylic acids is 2. The van der Waals surface area contributed by atoms with Crippen LogP contribution in [0.15, 0.2) is 42.5 Å². The van der Waals surface area contributed by atoms with Crippen molar-refractivity contribution < 1.29 is 23.1 Å². The molecule has 0 aliphatic heterocycles. The number of nitrogens with one attached hydrogen (secondary N) is 1. The zero-order valence-corrected chi connectivity index (χ0v) is 13.3.